The summed E-state index contributed by atoms with van der Waals surface area (Å²) < 4.78 is 0. The molecule has 84 valence electrons. The molecule has 0 atom stereocenters. The molecule has 1 rings (SSSR count). The van der Waals surface area contributed by atoms with Crippen molar-refractivity contribution in [1.82, 2.24) is 0 Å². The summed E-state index contributed by atoms with van der Waals surface area (Å²) in [6, 6.07) is 9.15. The van der Waals surface area contributed by atoms with Crippen molar-refractivity contribution >= 4 is 17.6 Å². The molecule has 1 aromatic rings. The first-order valence-corrected chi connectivity index (χ1v) is 4.82. The number of likely N-dealkylation sites (N-methyl/N-ethyl adjacent to an activating group) is 1. The molecule has 0 aliphatic rings. The number of rotatable bonds is 4. The molecule has 0 spiro atoms. The maximum absolute atomic E-state index is 11.6. The van der Waals surface area contributed by atoms with Crippen molar-refractivity contribution in [3.63, 3.8) is 0 Å². The highest BCUT2D eigenvalue weighted by Gasteiger charge is 2.06. The maximum atomic E-state index is 11.6. The van der Waals surface area contributed by atoms with E-state index in [0.717, 1.165) is 5.69 Å². The fraction of sp³-hybridized carbons (Fsp3) is 0.167. The van der Waals surface area contributed by atoms with Crippen LogP contribution in [0.25, 0.3) is 0 Å². The van der Waals surface area contributed by atoms with Crippen LogP contribution in [0.4, 0.5) is 5.69 Å². The van der Waals surface area contributed by atoms with Crippen LogP contribution in [0.5, 0.6) is 0 Å². The molecule has 16 heavy (non-hydrogen) atoms. The molecule has 0 bridgehead atoms. The molecule has 0 unspecified atom stereocenters. The van der Waals surface area contributed by atoms with Crippen LogP contribution in [0.3, 0.4) is 0 Å². The summed E-state index contributed by atoms with van der Waals surface area (Å²) >= 11 is 0. The van der Waals surface area contributed by atoms with E-state index in [2.05, 4.69) is 0 Å². The molecule has 0 fully saturated rings. The molecule has 1 aromatic carbocycles. The fourth-order valence-corrected chi connectivity index (χ4v) is 1.15. The average molecular weight is 219 g/mol. The van der Waals surface area contributed by atoms with Crippen molar-refractivity contribution in [3.05, 3.63) is 42.5 Å². The van der Waals surface area contributed by atoms with Crippen LogP contribution in [0.1, 0.15) is 6.42 Å². The van der Waals surface area contributed by atoms with Crippen LogP contribution in [0.2, 0.25) is 0 Å². The highest BCUT2D eigenvalue weighted by Crippen LogP contribution is 2.11. The topological polar surface area (TPSA) is 57.6 Å². The van der Waals surface area contributed by atoms with E-state index < -0.39 is 5.97 Å². The molecule has 1 amide bonds. The molecule has 1 N–H and O–H groups in total. The van der Waals surface area contributed by atoms with Gasteiger partial charge < -0.3 is 10.0 Å². The predicted octanol–water partition coefficient (Wildman–Crippen LogP) is 1.68. The minimum atomic E-state index is -0.952. The molecule has 0 aliphatic heterocycles. The van der Waals surface area contributed by atoms with Gasteiger partial charge in [0.1, 0.15) is 0 Å². The van der Waals surface area contributed by atoms with Gasteiger partial charge in [0.15, 0.2) is 0 Å². The van der Waals surface area contributed by atoms with Gasteiger partial charge in [0.05, 0.1) is 6.42 Å². The predicted molar refractivity (Wildman–Crippen MR) is 61.2 cm³/mol. The van der Waals surface area contributed by atoms with Gasteiger partial charge >= 0.3 is 5.97 Å². The number of benzene rings is 1. The maximum Gasteiger partial charge on any atom is 0.307 e. The van der Waals surface area contributed by atoms with Crippen molar-refractivity contribution in [3.8, 4) is 0 Å². The van der Waals surface area contributed by atoms with Gasteiger partial charge in [0.2, 0.25) is 5.91 Å². The molecule has 0 saturated carbocycles. The first-order chi connectivity index (χ1) is 7.61. The highest BCUT2D eigenvalue weighted by molar-refractivity contribution is 6.01. The quantitative estimate of drug-likeness (QED) is 0.784. The number of carbonyl (C=O) groups excluding carboxylic acids is 1. The normalized spacial score (nSPS) is 10.3. The third-order valence-corrected chi connectivity index (χ3v) is 2.03. The van der Waals surface area contributed by atoms with Crippen LogP contribution in [-0.4, -0.2) is 24.0 Å². The zero-order chi connectivity index (χ0) is 12.0. The fourth-order valence-electron chi connectivity index (χ4n) is 1.15. The van der Waals surface area contributed by atoms with E-state index in [-0.39, 0.29) is 12.3 Å². The van der Waals surface area contributed by atoms with E-state index in [1.807, 2.05) is 30.3 Å². The van der Waals surface area contributed by atoms with Crippen molar-refractivity contribution < 1.29 is 14.7 Å². The lowest BCUT2D eigenvalue weighted by molar-refractivity contribution is -0.135. The Bertz CT molecular complexity index is 398. The number of aliphatic carboxylic acids is 1. The SMILES string of the molecule is CN(C(=O)/C=C/CC(=O)O)c1ccccc1. The molecule has 0 radical (unpaired) electrons. The summed E-state index contributed by atoms with van der Waals surface area (Å²) in [5, 5.41) is 8.41. The van der Waals surface area contributed by atoms with E-state index in [1.54, 1.807) is 7.05 Å². The van der Waals surface area contributed by atoms with Crippen molar-refractivity contribution in [1.29, 1.82) is 0 Å². The zero-order valence-electron chi connectivity index (χ0n) is 8.96. The first-order valence-electron chi connectivity index (χ1n) is 4.82. The summed E-state index contributed by atoms with van der Waals surface area (Å²) in [4.78, 5) is 23.3. The molecular formula is C12H13NO3. The number of carboxylic acids is 1. The van der Waals surface area contributed by atoms with E-state index in [4.69, 9.17) is 5.11 Å². The number of hydrogen-bond donors (Lipinski definition) is 1. The Hall–Kier alpha value is -2.10. The van der Waals surface area contributed by atoms with Crippen LogP contribution in [-0.2, 0) is 9.59 Å². The molecule has 0 saturated heterocycles. The Balaban J connectivity index is 2.61. The Morgan fingerprint density at radius 1 is 1.31 bits per heavy atom. The van der Waals surface area contributed by atoms with E-state index in [9.17, 15) is 9.59 Å². The summed E-state index contributed by atoms with van der Waals surface area (Å²) in [6.45, 7) is 0. The molecule has 0 aromatic heterocycles. The number of nitrogens with zero attached hydrogens (tertiary/aromatic N) is 1. The number of anilines is 1. The molecule has 4 nitrogen and oxygen atoms in total. The lowest BCUT2D eigenvalue weighted by Gasteiger charge is -2.14. The van der Waals surface area contributed by atoms with E-state index >= 15 is 0 Å². The van der Waals surface area contributed by atoms with Crippen LogP contribution < -0.4 is 4.90 Å². The molecule has 4 heteroatoms. The Kier molecular flexibility index (Phi) is 4.27. The second kappa shape index (κ2) is 5.70. The summed E-state index contributed by atoms with van der Waals surface area (Å²) in [7, 11) is 1.64. The monoisotopic (exact) mass is 219 g/mol. The van der Waals surface area contributed by atoms with E-state index in [0.29, 0.717) is 0 Å². The van der Waals surface area contributed by atoms with Crippen LogP contribution in [0.15, 0.2) is 42.5 Å². The molecule has 0 heterocycles. The van der Waals surface area contributed by atoms with Gasteiger partial charge in [-0.05, 0) is 12.1 Å². The van der Waals surface area contributed by atoms with Gasteiger partial charge in [0, 0.05) is 18.8 Å². The zero-order valence-corrected chi connectivity index (χ0v) is 8.96. The lowest BCUT2D eigenvalue weighted by atomic mass is 10.3. The number of amides is 1. The molecular weight excluding hydrogens is 206 g/mol. The highest BCUT2D eigenvalue weighted by atomic mass is 16.4. The Morgan fingerprint density at radius 2 is 1.94 bits per heavy atom. The van der Waals surface area contributed by atoms with Gasteiger partial charge in [-0.25, -0.2) is 0 Å². The standard InChI is InChI=1S/C12H13NO3/c1-13(10-6-3-2-4-7-10)11(14)8-5-9-12(15)16/h2-8H,9H2,1H3,(H,15,16)/b8-5+. The average Bonchev–Trinajstić information content (AvgIpc) is 2.28. The van der Waals surface area contributed by atoms with Gasteiger partial charge in [0.25, 0.3) is 0 Å². The number of para-hydroxylation sites is 1. The third-order valence-electron chi connectivity index (χ3n) is 2.03. The second-order valence-corrected chi connectivity index (χ2v) is 3.23. The number of carbonyl (C=O) groups is 2. The van der Waals surface area contributed by atoms with Crippen LogP contribution in [0, 0.1) is 0 Å². The third kappa shape index (κ3) is 3.57. The van der Waals surface area contributed by atoms with Crippen LogP contribution >= 0.6 is 0 Å². The van der Waals surface area contributed by atoms with E-state index in [1.165, 1.54) is 17.1 Å². The smallest absolute Gasteiger partial charge is 0.307 e. The minimum Gasteiger partial charge on any atom is -0.481 e. The van der Waals surface area contributed by atoms with Crippen molar-refractivity contribution in [2.24, 2.45) is 0 Å². The molecule has 0 aliphatic carbocycles. The van der Waals surface area contributed by atoms with Gasteiger partial charge in [-0.1, -0.05) is 24.3 Å². The number of hydrogen-bond acceptors (Lipinski definition) is 2. The Morgan fingerprint density at radius 3 is 2.50 bits per heavy atom. The van der Waals surface area contributed by atoms with Gasteiger partial charge in [-0.2, -0.15) is 0 Å². The first kappa shape index (κ1) is 12.0. The second-order valence-electron chi connectivity index (χ2n) is 3.23. The van der Waals surface area contributed by atoms with Gasteiger partial charge in [-0.3, -0.25) is 9.59 Å². The Labute approximate surface area is 93.8 Å². The lowest BCUT2D eigenvalue weighted by Crippen LogP contribution is -2.23. The summed E-state index contributed by atoms with van der Waals surface area (Å²) in [5.41, 5.74) is 0.771. The summed E-state index contributed by atoms with van der Waals surface area (Å²) in [6.07, 6.45) is 2.46. The largest absolute Gasteiger partial charge is 0.481 e. The van der Waals surface area contributed by atoms with Gasteiger partial charge in [-0.15, -0.1) is 0 Å². The van der Waals surface area contributed by atoms with Crippen molar-refractivity contribution in [2.45, 2.75) is 6.42 Å². The number of carboxylic acid groups (broad SMARTS) is 1. The summed E-state index contributed by atoms with van der Waals surface area (Å²) in [5.74, 6) is -1.20. The minimum absolute atomic E-state index is 0.144. The van der Waals surface area contributed by atoms with Crippen molar-refractivity contribution in [2.75, 3.05) is 11.9 Å².